The Hall–Kier alpha value is -2.11. The standard InChI is InChI=1S/C21H30FN3O2/c1-17(26)25(20-6-4-2-3-5-7-20)16-21(27)24-14-12-23(13-15-24)19-10-8-18(22)9-11-19/h8-11,20H,2-7,12-16H2,1H3. The van der Waals surface area contributed by atoms with Crippen molar-refractivity contribution in [2.75, 3.05) is 37.6 Å². The van der Waals surface area contributed by atoms with Crippen molar-refractivity contribution in [2.24, 2.45) is 0 Å². The lowest BCUT2D eigenvalue weighted by Crippen LogP contribution is -2.53. The fraction of sp³-hybridized carbons (Fsp3) is 0.619. The molecule has 1 saturated heterocycles. The van der Waals surface area contributed by atoms with Crippen molar-refractivity contribution in [3.8, 4) is 0 Å². The first kappa shape index (κ1) is 19.6. The predicted octanol–water partition coefficient (Wildman–Crippen LogP) is 3.05. The summed E-state index contributed by atoms with van der Waals surface area (Å²) in [5, 5.41) is 0. The number of rotatable bonds is 4. The molecule has 1 aliphatic carbocycles. The van der Waals surface area contributed by atoms with Crippen LogP contribution in [-0.4, -0.2) is 60.4 Å². The van der Waals surface area contributed by atoms with Crippen molar-refractivity contribution < 1.29 is 14.0 Å². The summed E-state index contributed by atoms with van der Waals surface area (Å²) >= 11 is 0. The monoisotopic (exact) mass is 375 g/mol. The molecule has 0 atom stereocenters. The van der Waals surface area contributed by atoms with Crippen molar-refractivity contribution in [1.82, 2.24) is 9.80 Å². The first-order chi connectivity index (χ1) is 13.0. The van der Waals surface area contributed by atoms with E-state index in [2.05, 4.69) is 4.90 Å². The topological polar surface area (TPSA) is 43.9 Å². The molecule has 27 heavy (non-hydrogen) atoms. The largest absolute Gasteiger partial charge is 0.368 e. The number of halogens is 1. The molecular formula is C21H30FN3O2. The number of hydrogen-bond donors (Lipinski definition) is 0. The third-order valence-corrected chi connectivity index (χ3v) is 5.80. The number of carbonyl (C=O) groups excluding carboxylic acids is 2. The van der Waals surface area contributed by atoms with Crippen LogP contribution in [0.2, 0.25) is 0 Å². The maximum absolute atomic E-state index is 13.1. The van der Waals surface area contributed by atoms with Crippen LogP contribution in [0.1, 0.15) is 45.4 Å². The van der Waals surface area contributed by atoms with Crippen LogP contribution in [0.5, 0.6) is 0 Å². The number of amides is 2. The van der Waals surface area contributed by atoms with Crippen molar-refractivity contribution in [3.05, 3.63) is 30.1 Å². The van der Waals surface area contributed by atoms with Gasteiger partial charge in [0, 0.05) is 44.8 Å². The van der Waals surface area contributed by atoms with Crippen LogP contribution in [0.25, 0.3) is 0 Å². The minimum absolute atomic E-state index is 0.000183. The van der Waals surface area contributed by atoms with Gasteiger partial charge in [-0.2, -0.15) is 0 Å². The van der Waals surface area contributed by atoms with E-state index in [1.807, 2.05) is 4.90 Å². The molecule has 3 rings (SSSR count). The van der Waals surface area contributed by atoms with Gasteiger partial charge < -0.3 is 14.7 Å². The molecule has 0 aromatic heterocycles. The number of benzene rings is 1. The molecule has 0 bridgehead atoms. The second kappa shape index (κ2) is 9.20. The Kier molecular flexibility index (Phi) is 6.69. The molecule has 0 spiro atoms. The second-order valence-corrected chi connectivity index (χ2v) is 7.64. The van der Waals surface area contributed by atoms with E-state index in [0.29, 0.717) is 13.1 Å². The summed E-state index contributed by atoms with van der Waals surface area (Å²) in [6.07, 6.45) is 6.73. The van der Waals surface area contributed by atoms with Gasteiger partial charge in [0.15, 0.2) is 0 Å². The highest BCUT2D eigenvalue weighted by Gasteiger charge is 2.28. The summed E-state index contributed by atoms with van der Waals surface area (Å²) in [7, 11) is 0. The van der Waals surface area contributed by atoms with Gasteiger partial charge in [0.2, 0.25) is 11.8 Å². The minimum Gasteiger partial charge on any atom is -0.368 e. The fourth-order valence-corrected chi connectivity index (χ4v) is 4.18. The Bertz CT molecular complexity index is 633. The molecule has 1 aromatic rings. The lowest BCUT2D eigenvalue weighted by atomic mass is 10.1. The van der Waals surface area contributed by atoms with E-state index >= 15 is 0 Å². The zero-order chi connectivity index (χ0) is 19.2. The van der Waals surface area contributed by atoms with Crippen LogP contribution >= 0.6 is 0 Å². The maximum Gasteiger partial charge on any atom is 0.242 e. The molecule has 1 aromatic carbocycles. The molecule has 0 radical (unpaired) electrons. The summed E-state index contributed by atoms with van der Waals surface area (Å²) in [6.45, 7) is 4.47. The van der Waals surface area contributed by atoms with Crippen LogP contribution < -0.4 is 4.90 Å². The van der Waals surface area contributed by atoms with Gasteiger partial charge in [-0.3, -0.25) is 9.59 Å². The molecule has 0 unspecified atom stereocenters. The quantitative estimate of drug-likeness (QED) is 0.760. The third-order valence-electron chi connectivity index (χ3n) is 5.80. The lowest BCUT2D eigenvalue weighted by Gasteiger charge is -2.38. The molecule has 0 N–H and O–H groups in total. The SMILES string of the molecule is CC(=O)N(CC(=O)N1CCN(c2ccc(F)cc2)CC1)C1CCCCCC1. The van der Waals surface area contributed by atoms with Gasteiger partial charge in [-0.1, -0.05) is 25.7 Å². The van der Waals surface area contributed by atoms with E-state index in [1.165, 1.54) is 25.0 Å². The van der Waals surface area contributed by atoms with Crippen molar-refractivity contribution in [1.29, 1.82) is 0 Å². The van der Waals surface area contributed by atoms with Crippen molar-refractivity contribution in [2.45, 2.75) is 51.5 Å². The highest BCUT2D eigenvalue weighted by atomic mass is 19.1. The Morgan fingerprint density at radius 1 is 1.00 bits per heavy atom. The van der Waals surface area contributed by atoms with Crippen LogP contribution in [0.3, 0.4) is 0 Å². The summed E-state index contributed by atoms with van der Waals surface area (Å²) in [4.78, 5) is 30.8. The normalized spacial score (nSPS) is 18.9. The van der Waals surface area contributed by atoms with E-state index in [1.54, 1.807) is 24.0 Å². The van der Waals surface area contributed by atoms with Gasteiger partial charge >= 0.3 is 0 Å². The summed E-state index contributed by atoms with van der Waals surface area (Å²) < 4.78 is 13.1. The zero-order valence-electron chi connectivity index (χ0n) is 16.2. The van der Waals surface area contributed by atoms with Gasteiger partial charge in [-0.15, -0.1) is 0 Å². The third kappa shape index (κ3) is 5.21. The smallest absolute Gasteiger partial charge is 0.242 e. The molecule has 6 heteroatoms. The lowest BCUT2D eigenvalue weighted by molar-refractivity contribution is -0.141. The Balaban J connectivity index is 1.54. The van der Waals surface area contributed by atoms with Crippen LogP contribution in [-0.2, 0) is 9.59 Å². The van der Waals surface area contributed by atoms with Gasteiger partial charge in [0.25, 0.3) is 0 Å². The molecular weight excluding hydrogens is 345 g/mol. The minimum atomic E-state index is -0.240. The van der Waals surface area contributed by atoms with E-state index in [0.717, 1.165) is 44.5 Å². The fourth-order valence-electron chi connectivity index (χ4n) is 4.18. The van der Waals surface area contributed by atoms with Crippen molar-refractivity contribution in [3.63, 3.8) is 0 Å². The van der Waals surface area contributed by atoms with Gasteiger partial charge in [-0.05, 0) is 37.1 Å². The van der Waals surface area contributed by atoms with Gasteiger partial charge in [-0.25, -0.2) is 4.39 Å². The summed E-state index contributed by atoms with van der Waals surface area (Å²) in [5.41, 5.74) is 0.979. The molecule has 2 fully saturated rings. The molecule has 1 aliphatic heterocycles. The first-order valence-electron chi connectivity index (χ1n) is 10.1. The number of piperazine rings is 1. The molecule has 2 amide bonds. The number of nitrogens with zero attached hydrogens (tertiary/aromatic N) is 3. The molecule has 148 valence electrons. The molecule has 1 heterocycles. The number of carbonyl (C=O) groups is 2. The summed E-state index contributed by atoms with van der Waals surface area (Å²) in [6, 6.07) is 6.68. The van der Waals surface area contributed by atoms with Crippen LogP contribution in [0, 0.1) is 5.82 Å². The number of anilines is 1. The summed E-state index contributed by atoms with van der Waals surface area (Å²) in [5.74, 6) is -0.205. The highest BCUT2D eigenvalue weighted by Crippen LogP contribution is 2.22. The van der Waals surface area contributed by atoms with Gasteiger partial charge in [0.05, 0.1) is 6.54 Å². The molecule has 5 nitrogen and oxygen atoms in total. The number of hydrogen-bond acceptors (Lipinski definition) is 3. The molecule has 2 aliphatic rings. The van der Waals surface area contributed by atoms with E-state index < -0.39 is 0 Å². The van der Waals surface area contributed by atoms with Crippen molar-refractivity contribution >= 4 is 17.5 Å². The zero-order valence-corrected chi connectivity index (χ0v) is 16.2. The molecule has 1 saturated carbocycles. The maximum atomic E-state index is 13.1. The van der Waals surface area contributed by atoms with Crippen LogP contribution in [0.4, 0.5) is 10.1 Å². The van der Waals surface area contributed by atoms with Crippen LogP contribution in [0.15, 0.2) is 24.3 Å². The Morgan fingerprint density at radius 3 is 2.15 bits per heavy atom. The Morgan fingerprint density at radius 2 is 1.59 bits per heavy atom. The van der Waals surface area contributed by atoms with E-state index in [-0.39, 0.29) is 30.2 Å². The first-order valence-corrected chi connectivity index (χ1v) is 10.1. The predicted molar refractivity (Wildman–Crippen MR) is 104 cm³/mol. The average molecular weight is 375 g/mol. The highest BCUT2D eigenvalue weighted by molar-refractivity contribution is 5.84. The van der Waals surface area contributed by atoms with E-state index in [9.17, 15) is 14.0 Å². The van der Waals surface area contributed by atoms with E-state index in [4.69, 9.17) is 0 Å². The second-order valence-electron chi connectivity index (χ2n) is 7.64. The average Bonchev–Trinajstić information content (AvgIpc) is 2.96. The Labute approximate surface area is 161 Å². The van der Waals surface area contributed by atoms with Gasteiger partial charge in [0.1, 0.15) is 5.82 Å².